The van der Waals surface area contributed by atoms with E-state index in [-0.39, 0.29) is 5.91 Å². The number of carbonyl (C=O) groups excluding carboxylic acids is 1. The number of carbonyl (C=O) groups is 1. The van der Waals surface area contributed by atoms with Gasteiger partial charge in [0.2, 0.25) is 0 Å². The SMILES string of the molecule is Cc1cccc(N(Cc2cccnc2)C(=O)c2cccc(C#N)c2)c1. The smallest absolute Gasteiger partial charge is 0.258 e. The fourth-order valence-electron chi connectivity index (χ4n) is 2.63. The molecule has 0 N–H and O–H groups in total. The van der Waals surface area contributed by atoms with Gasteiger partial charge < -0.3 is 4.90 Å². The number of hydrogen-bond acceptors (Lipinski definition) is 3. The average Bonchev–Trinajstić information content (AvgIpc) is 2.66. The van der Waals surface area contributed by atoms with Crippen molar-refractivity contribution in [3.8, 4) is 6.07 Å². The van der Waals surface area contributed by atoms with Crippen molar-refractivity contribution in [2.75, 3.05) is 4.90 Å². The molecule has 122 valence electrons. The second-order valence-electron chi connectivity index (χ2n) is 5.78. The highest BCUT2D eigenvalue weighted by atomic mass is 16.2. The van der Waals surface area contributed by atoms with Crippen molar-refractivity contribution in [2.24, 2.45) is 0 Å². The molecule has 0 saturated heterocycles. The van der Waals surface area contributed by atoms with Crippen LogP contribution in [0.4, 0.5) is 5.69 Å². The second-order valence-corrected chi connectivity index (χ2v) is 5.78. The first-order valence-electron chi connectivity index (χ1n) is 7.95. The van der Waals surface area contributed by atoms with Crippen LogP contribution in [-0.4, -0.2) is 10.9 Å². The summed E-state index contributed by atoms with van der Waals surface area (Å²) in [5.41, 5.74) is 3.79. The highest BCUT2D eigenvalue weighted by Gasteiger charge is 2.19. The molecule has 3 rings (SSSR count). The van der Waals surface area contributed by atoms with E-state index in [0.29, 0.717) is 17.7 Å². The lowest BCUT2D eigenvalue weighted by Crippen LogP contribution is -2.30. The largest absolute Gasteiger partial charge is 0.304 e. The van der Waals surface area contributed by atoms with Gasteiger partial charge in [-0.3, -0.25) is 9.78 Å². The van der Waals surface area contributed by atoms with E-state index in [1.54, 1.807) is 41.6 Å². The van der Waals surface area contributed by atoms with Gasteiger partial charge in [0.1, 0.15) is 0 Å². The third-order valence-corrected chi connectivity index (χ3v) is 3.86. The Balaban J connectivity index is 2.00. The average molecular weight is 327 g/mol. The minimum Gasteiger partial charge on any atom is -0.304 e. The fraction of sp³-hybridized carbons (Fsp3) is 0.0952. The summed E-state index contributed by atoms with van der Waals surface area (Å²) in [4.78, 5) is 19.0. The topological polar surface area (TPSA) is 57.0 Å². The molecule has 1 amide bonds. The summed E-state index contributed by atoms with van der Waals surface area (Å²) in [6.07, 6.45) is 3.46. The van der Waals surface area contributed by atoms with Crippen molar-refractivity contribution < 1.29 is 4.79 Å². The summed E-state index contributed by atoms with van der Waals surface area (Å²) in [5.74, 6) is -0.147. The molecular weight excluding hydrogens is 310 g/mol. The molecule has 0 aliphatic rings. The molecule has 0 aliphatic heterocycles. The summed E-state index contributed by atoms with van der Waals surface area (Å²) >= 11 is 0. The third-order valence-electron chi connectivity index (χ3n) is 3.86. The van der Waals surface area contributed by atoms with Gasteiger partial charge in [-0.1, -0.05) is 24.3 Å². The molecule has 4 nitrogen and oxygen atoms in total. The van der Waals surface area contributed by atoms with Crippen LogP contribution in [0.15, 0.2) is 73.1 Å². The Bertz CT molecular complexity index is 929. The number of aryl methyl sites for hydroxylation is 1. The highest BCUT2D eigenvalue weighted by molar-refractivity contribution is 6.06. The van der Waals surface area contributed by atoms with Crippen LogP contribution in [0, 0.1) is 18.3 Å². The number of anilines is 1. The normalized spacial score (nSPS) is 10.1. The van der Waals surface area contributed by atoms with E-state index in [1.165, 1.54) is 0 Å². The molecule has 0 saturated carbocycles. The maximum Gasteiger partial charge on any atom is 0.258 e. The number of hydrogen-bond donors (Lipinski definition) is 0. The van der Waals surface area contributed by atoms with Crippen molar-refractivity contribution in [1.82, 2.24) is 4.98 Å². The molecule has 3 aromatic rings. The van der Waals surface area contributed by atoms with Gasteiger partial charge in [-0.2, -0.15) is 5.26 Å². The summed E-state index contributed by atoms with van der Waals surface area (Å²) in [5, 5.41) is 9.09. The lowest BCUT2D eigenvalue weighted by Gasteiger charge is -2.23. The minimum atomic E-state index is -0.147. The highest BCUT2D eigenvalue weighted by Crippen LogP contribution is 2.21. The van der Waals surface area contributed by atoms with Crippen LogP contribution in [0.3, 0.4) is 0 Å². The molecule has 0 fully saturated rings. The Morgan fingerprint density at radius 1 is 1.12 bits per heavy atom. The van der Waals surface area contributed by atoms with Crippen molar-refractivity contribution in [3.63, 3.8) is 0 Å². The zero-order valence-corrected chi connectivity index (χ0v) is 13.9. The zero-order valence-electron chi connectivity index (χ0n) is 13.9. The first-order valence-corrected chi connectivity index (χ1v) is 7.95. The van der Waals surface area contributed by atoms with Gasteiger partial charge in [0, 0.05) is 23.6 Å². The van der Waals surface area contributed by atoms with Gasteiger partial charge in [0.25, 0.3) is 5.91 Å². The number of benzene rings is 2. The summed E-state index contributed by atoms with van der Waals surface area (Å²) in [6, 6.07) is 20.4. The molecule has 1 aromatic heterocycles. The molecule has 0 spiro atoms. The number of amides is 1. The van der Waals surface area contributed by atoms with E-state index in [1.807, 2.05) is 43.3 Å². The van der Waals surface area contributed by atoms with Crippen LogP contribution in [0.5, 0.6) is 0 Å². The molecule has 25 heavy (non-hydrogen) atoms. The van der Waals surface area contributed by atoms with Crippen molar-refractivity contribution in [3.05, 3.63) is 95.3 Å². The summed E-state index contributed by atoms with van der Waals surface area (Å²) < 4.78 is 0. The number of nitrogens with zero attached hydrogens (tertiary/aromatic N) is 3. The van der Waals surface area contributed by atoms with Gasteiger partial charge in [-0.15, -0.1) is 0 Å². The number of rotatable bonds is 4. The molecule has 0 aliphatic carbocycles. The van der Waals surface area contributed by atoms with E-state index in [9.17, 15) is 4.79 Å². The molecule has 2 aromatic carbocycles. The van der Waals surface area contributed by atoms with E-state index in [2.05, 4.69) is 11.1 Å². The Morgan fingerprint density at radius 2 is 1.96 bits per heavy atom. The van der Waals surface area contributed by atoms with Crippen LogP contribution in [0.25, 0.3) is 0 Å². The maximum absolute atomic E-state index is 13.1. The van der Waals surface area contributed by atoms with Gasteiger partial charge >= 0.3 is 0 Å². The lowest BCUT2D eigenvalue weighted by molar-refractivity contribution is 0.0985. The Morgan fingerprint density at radius 3 is 2.68 bits per heavy atom. The van der Waals surface area contributed by atoms with E-state index >= 15 is 0 Å². The predicted molar refractivity (Wildman–Crippen MR) is 97.1 cm³/mol. The van der Waals surface area contributed by atoms with Crippen LogP contribution < -0.4 is 4.90 Å². The van der Waals surface area contributed by atoms with E-state index < -0.39 is 0 Å². The molecule has 0 radical (unpaired) electrons. The van der Waals surface area contributed by atoms with E-state index in [0.717, 1.165) is 16.8 Å². The van der Waals surface area contributed by atoms with Crippen molar-refractivity contribution >= 4 is 11.6 Å². The predicted octanol–water partition coefficient (Wildman–Crippen LogP) is 4.11. The van der Waals surface area contributed by atoms with Crippen LogP contribution in [0.1, 0.15) is 27.0 Å². The van der Waals surface area contributed by atoms with E-state index in [4.69, 9.17) is 5.26 Å². The Hall–Kier alpha value is -3.45. The molecule has 0 bridgehead atoms. The maximum atomic E-state index is 13.1. The lowest BCUT2D eigenvalue weighted by atomic mass is 10.1. The van der Waals surface area contributed by atoms with Crippen LogP contribution in [0.2, 0.25) is 0 Å². The zero-order chi connectivity index (χ0) is 17.6. The van der Waals surface area contributed by atoms with Crippen molar-refractivity contribution in [2.45, 2.75) is 13.5 Å². The Kier molecular flexibility index (Phi) is 4.87. The number of nitriles is 1. The summed E-state index contributed by atoms with van der Waals surface area (Å²) in [7, 11) is 0. The minimum absolute atomic E-state index is 0.147. The first-order chi connectivity index (χ1) is 12.2. The quantitative estimate of drug-likeness (QED) is 0.724. The molecule has 0 unspecified atom stereocenters. The van der Waals surface area contributed by atoms with Gasteiger partial charge in [-0.25, -0.2) is 0 Å². The first kappa shape index (κ1) is 16.4. The second kappa shape index (κ2) is 7.41. The van der Waals surface area contributed by atoms with Crippen LogP contribution in [-0.2, 0) is 6.54 Å². The Labute approximate surface area is 147 Å². The van der Waals surface area contributed by atoms with Gasteiger partial charge in [0.15, 0.2) is 0 Å². The standard InChI is InChI=1S/C21H17N3O/c1-16-5-2-9-20(11-16)24(15-18-7-4-10-23-14-18)21(25)19-8-3-6-17(12-19)13-22/h2-12,14H,15H2,1H3. The molecule has 0 atom stereocenters. The number of pyridine rings is 1. The monoisotopic (exact) mass is 327 g/mol. The van der Waals surface area contributed by atoms with Crippen molar-refractivity contribution in [1.29, 1.82) is 5.26 Å². The van der Waals surface area contributed by atoms with Gasteiger partial charge in [0.05, 0.1) is 18.2 Å². The summed E-state index contributed by atoms with van der Waals surface area (Å²) in [6.45, 7) is 2.40. The molecule has 1 heterocycles. The van der Waals surface area contributed by atoms with Gasteiger partial charge in [-0.05, 0) is 54.4 Å². The van der Waals surface area contributed by atoms with Crippen LogP contribution >= 0.6 is 0 Å². The molecular formula is C21H17N3O. The number of aromatic nitrogens is 1. The molecule has 4 heteroatoms. The third kappa shape index (κ3) is 3.91. The fourth-order valence-corrected chi connectivity index (χ4v) is 2.63.